The summed E-state index contributed by atoms with van der Waals surface area (Å²) in [5.41, 5.74) is 3.55. The number of hydrogen-bond donors (Lipinski definition) is 1. The van der Waals surface area contributed by atoms with Gasteiger partial charge in [-0.2, -0.15) is 0 Å². The molecule has 9 heteroatoms. The number of benzene rings is 1. The normalized spacial score (nSPS) is 11.7. The second-order valence-electron chi connectivity index (χ2n) is 7.85. The average molecular weight is 462 g/mol. The summed E-state index contributed by atoms with van der Waals surface area (Å²) in [6, 6.07) is 7.83. The molecule has 1 N–H and O–H groups in total. The van der Waals surface area contributed by atoms with Gasteiger partial charge < -0.3 is 9.30 Å². The summed E-state index contributed by atoms with van der Waals surface area (Å²) >= 11 is 1.19. The minimum Gasteiger partial charge on any atom is -0.452 e. The Bertz CT molecular complexity index is 1190. The largest absolute Gasteiger partial charge is 0.452 e. The van der Waals surface area contributed by atoms with Crippen molar-refractivity contribution >= 4 is 27.5 Å². The van der Waals surface area contributed by atoms with E-state index in [0.717, 1.165) is 40.9 Å². The number of carbonyl (C=O) groups excluding carboxylic acids is 1. The molecular formula is C22H27N3O4S2. The standard InChI is InChI=1S/C22H27N3O4S2/c1-14(2)10-19-12-20(21(30-19)31(27,28)24-22(26)29-5)17-6-7-18(15(3)11-17)13-25-9-8-23-16(25)4/h6-9,11-12,14H,10,13H2,1-5H3,(H,24,26). The van der Waals surface area contributed by atoms with Crippen molar-refractivity contribution in [1.82, 2.24) is 14.3 Å². The van der Waals surface area contributed by atoms with Crippen LogP contribution in [0.15, 0.2) is 40.9 Å². The summed E-state index contributed by atoms with van der Waals surface area (Å²) < 4.78 is 34.4. The van der Waals surface area contributed by atoms with Gasteiger partial charge in [-0.3, -0.25) is 0 Å². The number of thiophene rings is 1. The zero-order chi connectivity index (χ0) is 22.8. The zero-order valence-electron chi connectivity index (χ0n) is 18.3. The van der Waals surface area contributed by atoms with Crippen molar-refractivity contribution in [3.05, 3.63) is 58.5 Å². The first kappa shape index (κ1) is 23.0. The molecule has 0 aliphatic heterocycles. The number of imidazole rings is 1. The van der Waals surface area contributed by atoms with E-state index in [4.69, 9.17) is 0 Å². The number of amides is 1. The number of nitrogens with one attached hydrogen (secondary N) is 1. The Morgan fingerprint density at radius 1 is 1.26 bits per heavy atom. The highest BCUT2D eigenvalue weighted by atomic mass is 32.2. The predicted octanol–water partition coefficient (Wildman–Crippen LogP) is 4.52. The molecule has 166 valence electrons. The fourth-order valence-electron chi connectivity index (χ4n) is 3.32. The maximum atomic E-state index is 12.9. The van der Waals surface area contributed by atoms with Crippen LogP contribution in [0.1, 0.15) is 35.7 Å². The number of methoxy groups -OCH3 is 1. The van der Waals surface area contributed by atoms with E-state index in [1.54, 1.807) is 6.20 Å². The third kappa shape index (κ3) is 5.34. The van der Waals surface area contributed by atoms with Gasteiger partial charge in [0.25, 0.3) is 10.0 Å². The SMILES string of the molecule is COC(=O)NS(=O)(=O)c1sc(CC(C)C)cc1-c1ccc(Cn2ccnc2C)c(C)c1. The molecule has 0 radical (unpaired) electrons. The molecule has 7 nitrogen and oxygen atoms in total. The number of aryl methyl sites for hydroxylation is 2. The van der Waals surface area contributed by atoms with Crippen LogP contribution in [0.5, 0.6) is 0 Å². The summed E-state index contributed by atoms with van der Waals surface area (Å²) in [6.07, 6.45) is 3.45. The van der Waals surface area contributed by atoms with Crippen molar-refractivity contribution in [2.75, 3.05) is 7.11 Å². The Balaban J connectivity index is 2.02. The topological polar surface area (TPSA) is 90.3 Å². The van der Waals surface area contributed by atoms with Crippen molar-refractivity contribution < 1.29 is 17.9 Å². The van der Waals surface area contributed by atoms with Crippen LogP contribution in [-0.2, 0) is 27.7 Å². The number of aromatic nitrogens is 2. The van der Waals surface area contributed by atoms with Gasteiger partial charge in [0, 0.05) is 29.4 Å². The first-order chi connectivity index (χ1) is 14.6. The van der Waals surface area contributed by atoms with E-state index in [1.165, 1.54) is 11.3 Å². The van der Waals surface area contributed by atoms with E-state index in [2.05, 4.69) is 28.1 Å². The first-order valence-electron chi connectivity index (χ1n) is 9.91. The molecule has 3 aromatic rings. The van der Waals surface area contributed by atoms with Gasteiger partial charge in [0.2, 0.25) is 0 Å². The predicted molar refractivity (Wildman–Crippen MR) is 122 cm³/mol. The molecule has 0 saturated heterocycles. The molecule has 2 heterocycles. The Labute approximate surface area is 187 Å². The van der Waals surface area contributed by atoms with Crippen LogP contribution >= 0.6 is 11.3 Å². The monoisotopic (exact) mass is 461 g/mol. The quantitative estimate of drug-likeness (QED) is 0.559. The van der Waals surface area contributed by atoms with Crippen molar-refractivity contribution in [1.29, 1.82) is 0 Å². The Morgan fingerprint density at radius 2 is 2.00 bits per heavy atom. The maximum Gasteiger partial charge on any atom is 0.420 e. The molecule has 0 saturated carbocycles. The van der Waals surface area contributed by atoms with E-state index in [9.17, 15) is 13.2 Å². The molecule has 0 aliphatic carbocycles. The van der Waals surface area contributed by atoms with E-state index in [1.807, 2.05) is 49.0 Å². The Morgan fingerprint density at radius 3 is 2.58 bits per heavy atom. The van der Waals surface area contributed by atoms with Crippen molar-refractivity contribution in [2.45, 2.75) is 44.9 Å². The van der Waals surface area contributed by atoms with Gasteiger partial charge in [0.15, 0.2) is 0 Å². The molecule has 3 rings (SSSR count). The zero-order valence-corrected chi connectivity index (χ0v) is 19.9. The molecule has 0 bridgehead atoms. The molecule has 0 aliphatic rings. The molecule has 0 atom stereocenters. The van der Waals surface area contributed by atoms with Crippen LogP contribution in [0.2, 0.25) is 0 Å². The lowest BCUT2D eigenvalue weighted by Gasteiger charge is -2.11. The van der Waals surface area contributed by atoms with Gasteiger partial charge in [-0.1, -0.05) is 32.0 Å². The van der Waals surface area contributed by atoms with Crippen molar-refractivity contribution in [2.24, 2.45) is 5.92 Å². The fourth-order valence-corrected chi connectivity index (χ4v) is 6.19. The van der Waals surface area contributed by atoms with Gasteiger partial charge in [-0.25, -0.2) is 22.9 Å². The van der Waals surface area contributed by atoms with Gasteiger partial charge in [-0.15, -0.1) is 11.3 Å². The molecular weight excluding hydrogens is 434 g/mol. The second-order valence-corrected chi connectivity index (χ2v) is 10.9. The van der Waals surface area contributed by atoms with E-state index in [0.29, 0.717) is 18.0 Å². The van der Waals surface area contributed by atoms with Gasteiger partial charge in [-0.05, 0) is 48.9 Å². The number of hydrogen-bond acceptors (Lipinski definition) is 6. The van der Waals surface area contributed by atoms with Crippen LogP contribution in [0.4, 0.5) is 4.79 Å². The average Bonchev–Trinajstić information content (AvgIpc) is 3.29. The third-order valence-corrected chi connectivity index (χ3v) is 7.93. The number of rotatable bonds is 7. The number of nitrogens with zero attached hydrogens (tertiary/aromatic N) is 2. The number of ether oxygens (including phenoxy) is 1. The van der Waals surface area contributed by atoms with Crippen molar-refractivity contribution in [3.63, 3.8) is 0 Å². The molecule has 2 aromatic heterocycles. The Hall–Kier alpha value is -2.65. The highest BCUT2D eigenvalue weighted by Crippen LogP contribution is 2.37. The Kier molecular flexibility index (Phi) is 6.86. The third-order valence-electron chi connectivity index (χ3n) is 4.92. The molecule has 0 fully saturated rings. The van der Waals surface area contributed by atoms with Crippen LogP contribution in [0, 0.1) is 19.8 Å². The summed E-state index contributed by atoms with van der Waals surface area (Å²) in [5.74, 6) is 1.31. The van der Waals surface area contributed by atoms with Crippen LogP contribution in [0.3, 0.4) is 0 Å². The van der Waals surface area contributed by atoms with Crippen LogP contribution in [0.25, 0.3) is 11.1 Å². The second kappa shape index (κ2) is 9.23. The highest BCUT2D eigenvalue weighted by molar-refractivity contribution is 7.92. The molecule has 1 amide bonds. The van der Waals surface area contributed by atoms with Gasteiger partial charge in [0.1, 0.15) is 10.0 Å². The first-order valence-corrected chi connectivity index (χ1v) is 12.2. The van der Waals surface area contributed by atoms with Crippen LogP contribution < -0.4 is 4.72 Å². The van der Waals surface area contributed by atoms with E-state index < -0.39 is 16.1 Å². The lowest BCUT2D eigenvalue weighted by Crippen LogP contribution is -2.30. The minimum atomic E-state index is -4.05. The molecule has 0 unspecified atom stereocenters. The fraction of sp³-hybridized carbons (Fsp3) is 0.364. The molecule has 0 spiro atoms. The highest BCUT2D eigenvalue weighted by Gasteiger charge is 2.26. The lowest BCUT2D eigenvalue weighted by atomic mass is 10.0. The summed E-state index contributed by atoms with van der Waals surface area (Å²) in [4.78, 5) is 16.8. The minimum absolute atomic E-state index is 0.117. The smallest absolute Gasteiger partial charge is 0.420 e. The maximum absolute atomic E-state index is 12.9. The lowest BCUT2D eigenvalue weighted by molar-refractivity contribution is 0.177. The molecule has 1 aromatic carbocycles. The molecule has 31 heavy (non-hydrogen) atoms. The van der Waals surface area contributed by atoms with Crippen LogP contribution in [-0.4, -0.2) is 31.2 Å². The summed E-state index contributed by atoms with van der Waals surface area (Å²) in [7, 11) is -2.92. The van der Waals surface area contributed by atoms with Crippen molar-refractivity contribution in [3.8, 4) is 11.1 Å². The van der Waals surface area contributed by atoms with Gasteiger partial charge >= 0.3 is 6.09 Å². The summed E-state index contributed by atoms with van der Waals surface area (Å²) in [6.45, 7) is 8.81. The van der Waals surface area contributed by atoms with E-state index in [-0.39, 0.29) is 4.21 Å². The number of sulfonamides is 1. The number of carbonyl (C=O) groups is 1. The summed E-state index contributed by atoms with van der Waals surface area (Å²) in [5, 5.41) is 0. The van der Waals surface area contributed by atoms with Gasteiger partial charge in [0.05, 0.1) is 7.11 Å². The van der Waals surface area contributed by atoms with E-state index >= 15 is 0 Å².